The Bertz CT molecular complexity index is 612. The smallest absolute Gasteiger partial charge is 0.131 e. The minimum atomic E-state index is -0.219. The molecule has 0 amide bonds. The molecule has 1 atom stereocenters. The summed E-state index contributed by atoms with van der Waals surface area (Å²) >= 11 is 0. The number of methoxy groups -OCH3 is 1. The van der Waals surface area contributed by atoms with Gasteiger partial charge in [-0.15, -0.1) is 0 Å². The van der Waals surface area contributed by atoms with Crippen molar-refractivity contribution >= 4 is 0 Å². The van der Waals surface area contributed by atoms with E-state index in [1.54, 1.807) is 19.2 Å². The highest BCUT2D eigenvalue weighted by Crippen LogP contribution is 2.31. The molecule has 1 aliphatic carbocycles. The van der Waals surface area contributed by atoms with Gasteiger partial charge in [0.2, 0.25) is 0 Å². The van der Waals surface area contributed by atoms with Gasteiger partial charge in [0, 0.05) is 24.2 Å². The fourth-order valence-electron chi connectivity index (χ4n) is 2.80. The average molecular weight is 271 g/mol. The average Bonchev–Trinajstić information content (AvgIpc) is 2.89. The van der Waals surface area contributed by atoms with Gasteiger partial charge < -0.3 is 10.1 Å². The number of nitrogens with one attached hydrogen (secondary N) is 1. The lowest BCUT2D eigenvalue weighted by Crippen LogP contribution is -2.19. The molecule has 0 spiro atoms. The van der Waals surface area contributed by atoms with Gasteiger partial charge in [0.05, 0.1) is 7.11 Å². The highest BCUT2D eigenvalue weighted by molar-refractivity contribution is 5.34. The number of fused-ring (bicyclic) bond motifs is 1. The summed E-state index contributed by atoms with van der Waals surface area (Å²) in [5, 5.41) is 3.45. The summed E-state index contributed by atoms with van der Waals surface area (Å²) in [6.07, 6.45) is 2.18. The molecule has 0 aliphatic heterocycles. The van der Waals surface area contributed by atoms with Crippen LogP contribution in [-0.4, -0.2) is 7.11 Å². The molecule has 0 saturated heterocycles. The number of hydrogen-bond acceptors (Lipinski definition) is 2. The van der Waals surface area contributed by atoms with Gasteiger partial charge in [0.25, 0.3) is 0 Å². The van der Waals surface area contributed by atoms with Crippen molar-refractivity contribution in [1.29, 1.82) is 0 Å². The lowest BCUT2D eigenvalue weighted by molar-refractivity contribution is 0.410. The van der Waals surface area contributed by atoms with Gasteiger partial charge in [-0.2, -0.15) is 0 Å². The Labute approximate surface area is 118 Å². The van der Waals surface area contributed by atoms with E-state index in [1.165, 1.54) is 17.2 Å². The SMILES string of the molecule is COc1ccc(CNC2CCc3ccccc32)c(F)c1. The molecule has 1 aliphatic rings. The van der Waals surface area contributed by atoms with Crippen LogP contribution in [0.4, 0.5) is 4.39 Å². The molecule has 3 rings (SSSR count). The van der Waals surface area contributed by atoms with Crippen LogP contribution in [0.25, 0.3) is 0 Å². The fraction of sp³-hybridized carbons (Fsp3) is 0.294. The minimum Gasteiger partial charge on any atom is -0.497 e. The zero-order valence-electron chi connectivity index (χ0n) is 11.5. The molecule has 1 N–H and O–H groups in total. The Kier molecular flexibility index (Phi) is 3.70. The van der Waals surface area contributed by atoms with Crippen LogP contribution in [0.2, 0.25) is 0 Å². The van der Waals surface area contributed by atoms with Crippen LogP contribution >= 0.6 is 0 Å². The number of halogens is 1. The summed E-state index contributed by atoms with van der Waals surface area (Å²) in [4.78, 5) is 0. The van der Waals surface area contributed by atoms with Crippen molar-refractivity contribution < 1.29 is 9.13 Å². The molecule has 0 radical (unpaired) electrons. The second-order valence-electron chi connectivity index (χ2n) is 5.13. The quantitative estimate of drug-likeness (QED) is 0.917. The first-order valence-corrected chi connectivity index (χ1v) is 6.91. The molecule has 0 bridgehead atoms. The van der Waals surface area contributed by atoms with E-state index in [-0.39, 0.29) is 5.82 Å². The standard InChI is InChI=1S/C17H18FNO/c1-20-14-8-6-13(16(18)10-14)11-19-17-9-7-12-4-2-3-5-15(12)17/h2-6,8,10,17,19H,7,9,11H2,1H3. The van der Waals surface area contributed by atoms with Gasteiger partial charge in [-0.3, -0.25) is 0 Å². The second-order valence-corrected chi connectivity index (χ2v) is 5.13. The minimum absolute atomic E-state index is 0.219. The van der Waals surface area contributed by atoms with E-state index in [2.05, 4.69) is 29.6 Å². The van der Waals surface area contributed by atoms with Gasteiger partial charge >= 0.3 is 0 Å². The van der Waals surface area contributed by atoms with Crippen molar-refractivity contribution in [3.63, 3.8) is 0 Å². The molecular formula is C17H18FNO. The number of benzene rings is 2. The molecule has 20 heavy (non-hydrogen) atoms. The Morgan fingerprint density at radius 3 is 2.90 bits per heavy atom. The highest BCUT2D eigenvalue weighted by atomic mass is 19.1. The lowest BCUT2D eigenvalue weighted by Gasteiger charge is -2.14. The van der Waals surface area contributed by atoms with E-state index in [4.69, 9.17) is 4.74 Å². The van der Waals surface area contributed by atoms with Crippen molar-refractivity contribution in [3.05, 3.63) is 65.0 Å². The molecule has 0 fully saturated rings. The number of rotatable bonds is 4. The van der Waals surface area contributed by atoms with E-state index in [1.807, 2.05) is 0 Å². The second kappa shape index (κ2) is 5.63. The predicted molar refractivity (Wildman–Crippen MR) is 77.3 cm³/mol. The lowest BCUT2D eigenvalue weighted by atomic mass is 10.1. The van der Waals surface area contributed by atoms with Crippen LogP contribution in [0.5, 0.6) is 5.75 Å². The molecule has 0 heterocycles. The highest BCUT2D eigenvalue weighted by Gasteiger charge is 2.21. The fourth-order valence-corrected chi connectivity index (χ4v) is 2.80. The maximum absolute atomic E-state index is 13.9. The maximum atomic E-state index is 13.9. The monoisotopic (exact) mass is 271 g/mol. The van der Waals surface area contributed by atoms with Crippen LogP contribution in [0, 0.1) is 5.82 Å². The first-order valence-electron chi connectivity index (χ1n) is 6.91. The molecule has 0 saturated carbocycles. The first-order chi connectivity index (χ1) is 9.78. The van der Waals surface area contributed by atoms with Gasteiger partial charge in [-0.05, 0) is 30.0 Å². The molecule has 2 nitrogen and oxygen atoms in total. The Hall–Kier alpha value is -1.87. The van der Waals surface area contributed by atoms with E-state index >= 15 is 0 Å². The number of hydrogen-bond donors (Lipinski definition) is 1. The zero-order valence-corrected chi connectivity index (χ0v) is 11.5. The van der Waals surface area contributed by atoms with Gasteiger partial charge in [0.15, 0.2) is 0 Å². The summed E-state index contributed by atoms with van der Waals surface area (Å²) in [6, 6.07) is 13.8. The van der Waals surface area contributed by atoms with Gasteiger partial charge in [-0.25, -0.2) is 4.39 Å². The third-order valence-electron chi connectivity index (χ3n) is 3.93. The van der Waals surface area contributed by atoms with E-state index in [0.717, 1.165) is 12.8 Å². The van der Waals surface area contributed by atoms with Crippen LogP contribution in [0.15, 0.2) is 42.5 Å². The Morgan fingerprint density at radius 2 is 2.10 bits per heavy atom. The van der Waals surface area contributed by atoms with Gasteiger partial charge in [0.1, 0.15) is 11.6 Å². The normalized spacial score (nSPS) is 17.0. The van der Waals surface area contributed by atoms with Gasteiger partial charge in [-0.1, -0.05) is 30.3 Å². The molecule has 2 aromatic carbocycles. The summed E-state index contributed by atoms with van der Waals surface area (Å²) < 4.78 is 18.9. The summed E-state index contributed by atoms with van der Waals surface area (Å²) in [6.45, 7) is 0.537. The maximum Gasteiger partial charge on any atom is 0.131 e. The van der Waals surface area contributed by atoms with E-state index in [0.29, 0.717) is 23.9 Å². The molecule has 3 heteroatoms. The molecule has 1 unspecified atom stereocenters. The van der Waals surface area contributed by atoms with Crippen molar-refractivity contribution in [3.8, 4) is 5.75 Å². The zero-order chi connectivity index (χ0) is 13.9. The van der Waals surface area contributed by atoms with Crippen LogP contribution in [-0.2, 0) is 13.0 Å². The Balaban J connectivity index is 1.69. The summed E-state index contributed by atoms with van der Waals surface area (Å²) in [5.41, 5.74) is 3.43. The van der Waals surface area contributed by atoms with Crippen molar-refractivity contribution in [2.45, 2.75) is 25.4 Å². The molecule has 2 aromatic rings. The summed E-state index contributed by atoms with van der Waals surface area (Å²) in [7, 11) is 1.54. The van der Waals surface area contributed by atoms with E-state index < -0.39 is 0 Å². The van der Waals surface area contributed by atoms with Crippen LogP contribution in [0.3, 0.4) is 0 Å². The largest absolute Gasteiger partial charge is 0.497 e. The van der Waals surface area contributed by atoms with Crippen LogP contribution < -0.4 is 10.1 Å². The number of aryl methyl sites for hydroxylation is 1. The predicted octanol–water partition coefficient (Wildman–Crippen LogP) is 3.61. The molecular weight excluding hydrogens is 253 g/mol. The van der Waals surface area contributed by atoms with Crippen molar-refractivity contribution in [1.82, 2.24) is 5.32 Å². The molecule has 104 valence electrons. The Morgan fingerprint density at radius 1 is 1.25 bits per heavy atom. The van der Waals surface area contributed by atoms with Crippen molar-refractivity contribution in [2.75, 3.05) is 7.11 Å². The van der Waals surface area contributed by atoms with E-state index in [9.17, 15) is 4.39 Å². The molecule has 0 aromatic heterocycles. The van der Waals surface area contributed by atoms with Crippen LogP contribution in [0.1, 0.15) is 29.2 Å². The third kappa shape index (κ3) is 2.54. The third-order valence-corrected chi connectivity index (χ3v) is 3.93. The summed E-state index contributed by atoms with van der Waals surface area (Å²) in [5.74, 6) is 0.334. The topological polar surface area (TPSA) is 21.3 Å². The number of ether oxygens (including phenoxy) is 1. The van der Waals surface area contributed by atoms with Crippen molar-refractivity contribution in [2.24, 2.45) is 0 Å². The first kappa shape index (κ1) is 13.1.